The van der Waals surface area contributed by atoms with Crippen LogP contribution in [0, 0.1) is 6.92 Å². The van der Waals surface area contributed by atoms with Crippen molar-refractivity contribution in [3.05, 3.63) is 29.7 Å². The number of nitrogens with zero attached hydrogens (tertiary/aromatic N) is 3. The standard InChI is InChI=1S/C17H23N3O4S/c1-3-10-25(22,23)20-8-6-19(7-9-20)17(21)12-14-4-5-16-15(11-14)18-13(2)24-16/h4-5,11H,3,6-10,12H2,1-2H3. The molecular formula is C17H23N3O4S. The topological polar surface area (TPSA) is 83.7 Å². The van der Waals surface area contributed by atoms with Gasteiger partial charge in [-0.2, -0.15) is 4.31 Å². The summed E-state index contributed by atoms with van der Waals surface area (Å²) in [5.41, 5.74) is 2.34. The van der Waals surface area contributed by atoms with Crippen molar-refractivity contribution in [1.29, 1.82) is 0 Å². The molecule has 1 fully saturated rings. The lowest BCUT2D eigenvalue weighted by molar-refractivity contribution is -0.131. The van der Waals surface area contributed by atoms with Gasteiger partial charge in [0.25, 0.3) is 0 Å². The molecule has 0 bridgehead atoms. The molecule has 1 aromatic carbocycles. The van der Waals surface area contributed by atoms with Crippen LogP contribution in [0.4, 0.5) is 0 Å². The lowest BCUT2D eigenvalue weighted by atomic mass is 10.1. The number of aromatic nitrogens is 1. The normalized spacial score (nSPS) is 16.5. The van der Waals surface area contributed by atoms with Gasteiger partial charge >= 0.3 is 0 Å². The molecular weight excluding hydrogens is 342 g/mol. The summed E-state index contributed by atoms with van der Waals surface area (Å²) in [6.45, 7) is 5.26. The number of oxazole rings is 1. The van der Waals surface area contributed by atoms with E-state index in [0.717, 1.165) is 11.1 Å². The first-order chi connectivity index (χ1) is 11.9. The summed E-state index contributed by atoms with van der Waals surface area (Å²) in [5, 5.41) is 0. The summed E-state index contributed by atoms with van der Waals surface area (Å²) >= 11 is 0. The number of rotatable bonds is 5. The summed E-state index contributed by atoms with van der Waals surface area (Å²) in [7, 11) is -3.19. The molecule has 0 aliphatic carbocycles. The Morgan fingerprint density at radius 2 is 1.96 bits per heavy atom. The Kier molecular flexibility index (Phi) is 5.10. The molecule has 0 spiro atoms. The molecule has 136 valence electrons. The maximum Gasteiger partial charge on any atom is 0.227 e. The van der Waals surface area contributed by atoms with Gasteiger partial charge in [-0.25, -0.2) is 13.4 Å². The first-order valence-corrected chi connectivity index (χ1v) is 10.1. The second-order valence-corrected chi connectivity index (χ2v) is 8.40. The van der Waals surface area contributed by atoms with E-state index in [1.54, 1.807) is 11.8 Å². The molecule has 0 saturated carbocycles. The van der Waals surface area contributed by atoms with Crippen LogP contribution >= 0.6 is 0 Å². The SMILES string of the molecule is CCCS(=O)(=O)N1CCN(C(=O)Cc2ccc3oc(C)nc3c2)CC1. The van der Waals surface area contributed by atoms with E-state index in [9.17, 15) is 13.2 Å². The molecule has 25 heavy (non-hydrogen) atoms. The number of fused-ring (bicyclic) bond motifs is 1. The molecule has 1 saturated heterocycles. The van der Waals surface area contributed by atoms with Gasteiger partial charge < -0.3 is 9.32 Å². The Morgan fingerprint density at radius 1 is 1.24 bits per heavy atom. The number of amides is 1. The Morgan fingerprint density at radius 3 is 2.64 bits per heavy atom. The lowest BCUT2D eigenvalue weighted by Gasteiger charge is -2.34. The lowest BCUT2D eigenvalue weighted by Crippen LogP contribution is -2.51. The highest BCUT2D eigenvalue weighted by molar-refractivity contribution is 7.89. The molecule has 0 N–H and O–H groups in total. The van der Waals surface area contributed by atoms with Gasteiger partial charge in [0, 0.05) is 33.1 Å². The fraction of sp³-hybridized carbons (Fsp3) is 0.529. The van der Waals surface area contributed by atoms with Crippen molar-refractivity contribution in [2.24, 2.45) is 0 Å². The quantitative estimate of drug-likeness (QED) is 0.803. The monoisotopic (exact) mass is 365 g/mol. The van der Waals surface area contributed by atoms with E-state index >= 15 is 0 Å². The first kappa shape index (κ1) is 17.9. The number of hydrogen-bond donors (Lipinski definition) is 0. The number of sulfonamides is 1. The third kappa shape index (κ3) is 4.01. The molecule has 0 unspecified atom stereocenters. The Bertz CT molecular complexity index is 867. The van der Waals surface area contributed by atoms with Gasteiger partial charge in [0.15, 0.2) is 11.5 Å². The van der Waals surface area contributed by atoms with Gasteiger partial charge in [0.1, 0.15) is 5.52 Å². The maximum absolute atomic E-state index is 12.5. The first-order valence-electron chi connectivity index (χ1n) is 8.50. The predicted molar refractivity (Wildman–Crippen MR) is 94.7 cm³/mol. The van der Waals surface area contributed by atoms with Gasteiger partial charge in [-0.05, 0) is 24.1 Å². The fourth-order valence-electron chi connectivity index (χ4n) is 3.09. The van der Waals surface area contributed by atoms with Crippen LogP contribution < -0.4 is 0 Å². The van der Waals surface area contributed by atoms with Gasteiger partial charge in [-0.1, -0.05) is 13.0 Å². The second-order valence-electron chi connectivity index (χ2n) is 6.31. The van der Waals surface area contributed by atoms with Crippen molar-refractivity contribution in [2.75, 3.05) is 31.9 Å². The van der Waals surface area contributed by atoms with E-state index in [-0.39, 0.29) is 18.1 Å². The number of hydrogen-bond acceptors (Lipinski definition) is 5. The molecule has 1 aromatic heterocycles. The molecule has 1 aliphatic rings. The third-order valence-corrected chi connectivity index (χ3v) is 6.44. The number of piperazine rings is 1. The van der Waals surface area contributed by atoms with Gasteiger partial charge in [-0.3, -0.25) is 4.79 Å². The van der Waals surface area contributed by atoms with E-state index in [1.807, 2.05) is 25.1 Å². The van der Waals surface area contributed by atoms with E-state index in [0.29, 0.717) is 44.1 Å². The molecule has 1 aliphatic heterocycles. The Balaban J connectivity index is 1.60. The zero-order valence-corrected chi connectivity index (χ0v) is 15.4. The highest BCUT2D eigenvalue weighted by Gasteiger charge is 2.28. The third-order valence-electron chi connectivity index (χ3n) is 4.36. The van der Waals surface area contributed by atoms with E-state index in [4.69, 9.17) is 4.42 Å². The highest BCUT2D eigenvalue weighted by atomic mass is 32.2. The minimum atomic E-state index is -3.19. The minimum absolute atomic E-state index is 0.00658. The molecule has 2 aromatic rings. The van der Waals surface area contributed by atoms with Crippen LogP contribution in [0.1, 0.15) is 24.8 Å². The fourth-order valence-corrected chi connectivity index (χ4v) is 4.58. The van der Waals surface area contributed by atoms with Crippen LogP contribution in [-0.4, -0.2) is 60.4 Å². The minimum Gasteiger partial charge on any atom is -0.441 e. The largest absolute Gasteiger partial charge is 0.441 e. The Labute approximate surface area is 147 Å². The summed E-state index contributed by atoms with van der Waals surface area (Å²) in [6.07, 6.45) is 0.884. The zero-order chi connectivity index (χ0) is 18.0. The number of carbonyl (C=O) groups excluding carboxylic acids is 1. The summed E-state index contributed by atoms with van der Waals surface area (Å²) in [5.74, 6) is 0.771. The van der Waals surface area contributed by atoms with Crippen LogP contribution in [0.2, 0.25) is 0 Å². The van der Waals surface area contributed by atoms with Crippen molar-refractivity contribution in [3.63, 3.8) is 0 Å². The molecule has 3 rings (SSSR count). The summed E-state index contributed by atoms with van der Waals surface area (Å²) < 4.78 is 31.1. The number of benzene rings is 1. The average Bonchev–Trinajstić information content (AvgIpc) is 2.94. The van der Waals surface area contributed by atoms with Crippen molar-refractivity contribution in [3.8, 4) is 0 Å². The number of carbonyl (C=O) groups is 1. The predicted octanol–water partition coefficient (Wildman–Crippen LogP) is 1.56. The Hall–Kier alpha value is -1.93. The van der Waals surface area contributed by atoms with Crippen LogP contribution in [0.15, 0.2) is 22.6 Å². The number of aryl methyl sites for hydroxylation is 1. The van der Waals surface area contributed by atoms with Crippen molar-refractivity contribution < 1.29 is 17.6 Å². The van der Waals surface area contributed by atoms with E-state index in [1.165, 1.54) is 4.31 Å². The van der Waals surface area contributed by atoms with Crippen LogP contribution in [0.3, 0.4) is 0 Å². The van der Waals surface area contributed by atoms with Gasteiger partial charge in [0.2, 0.25) is 15.9 Å². The van der Waals surface area contributed by atoms with Crippen LogP contribution in [-0.2, 0) is 21.2 Å². The van der Waals surface area contributed by atoms with Gasteiger partial charge in [-0.15, -0.1) is 0 Å². The van der Waals surface area contributed by atoms with Crippen molar-refractivity contribution in [1.82, 2.24) is 14.2 Å². The van der Waals surface area contributed by atoms with Crippen molar-refractivity contribution >= 4 is 27.0 Å². The molecule has 0 radical (unpaired) electrons. The summed E-state index contributed by atoms with van der Waals surface area (Å²) in [4.78, 5) is 18.5. The molecule has 1 amide bonds. The molecule has 2 heterocycles. The average molecular weight is 365 g/mol. The van der Waals surface area contributed by atoms with Gasteiger partial charge in [0.05, 0.1) is 12.2 Å². The second kappa shape index (κ2) is 7.13. The molecule has 0 atom stereocenters. The van der Waals surface area contributed by atoms with Crippen molar-refractivity contribution in [2.45, 2.75) is 26.7 Å². The maximum atomic E-state index is 12.5. The smallest absolute Gasteiger partial charge is 0.227 e. The van der Waals surface area contributed by atoms with E-state index < -0.39 is 10.0 Å². The van der Waals surface area contributed by atoms with E-state index in [2.05, 4.69) is 4.98 Å². The van der Waals surface area contributed by atoms with Crippen LogP contribution in [0.25, 0.3) is 11.1 Å². The zero-order valence-electron chi connectivity index (χ0n) is 14.6. The molecule has 7 nitrogen and oxygen atoms in total. The molecule has 8 heteroatoms. The van der Waals surface area contributed by atoms with Crippen LogP contribution in [0.5, 0.6) is 0 Å². The highest BCUT2D eigenvalue weighted by Crippen LogP contribution is 2.18. The summed E-state index contributed by atoms with van der Waals surface area (Å²) in [6, 6.07) is 5.56.